The Hall–Kier alpha value is -1.26. The summed E-state index contributed by atoms with van der Waals surface area (Å²) in [7, 11) is 2.21. The Morgan fingerprint density at radius 3 is 2.71 bits per heavy atom. The monoisotopic (exact) mass is 289 g/mol. The molecule has 2 heterocycles. The van der Waals surface area contributed by atoms with E-state index in [9.17, 15) is 0 Å². The maximum atomic E-state index is 6.16. The van der Waals surface area contributed by atoms with Gasteiger partial charge in [0.2, 0.25) is 0 Å². The summed E-state index contributed by atoms with van der Waals surface area (Å²) in [5, 5.41) is 0. The second-order valence-corrected chi connectivity index (χ2v) is 6.34. The number of hydrogen-bond donors (Lipinski definition) is 1. The molecule has 116 valence electrons. The molecule has 1 fully saturated rings. The number of fused-ring (bicyclic) bond motifs is 1. The van der Waals surface area contributed by atoms with Gasteiger partial charge in [0.05, 0.1) is 12.2 Å². The number of ether oxygens (including phenoxy) is 1. The minimum atomic E-state index is 0.296. The van der Waals surface area contributed by atoms with Gasteiger partial charge in [-0.2, -0.15) is 0 Å². The molecule has 0 bridgehead atoms. The van der Waals surface area contributed by atoms with Crippen LogP contribution in [0.3, 0.4) is 0 Å². The number of likely N-dealkylation sites (tertiary alicyclic amines) is 1. The van der Waals surface area contributed by atoms with E-state index in [-0.39, 0.29) is 0 Å². The quantitative estimate of drug-likeness (QED) is 0.926. The number of piperidine rings is 1. The summed E-state index contributed by atoms with van der Waals surface area (Å²) in [6.07, 6.45) is 3.83. The highest BCUT2D eigenvalue weighted by molar-refractivity contribution is 5.62. The van der Waals surface area contributed by atoms with Crippen LogP contribution >= 0.6 is 0 Å². The van der Waals surface area contributed by atoms with Gasteiger partial charge in [-0.05, 0) is 57.1 Å². The lowest BCUT2D eigenvalue weighted by Gasteiger charge is -2.43. The van der Waals surface area contributed by atoms with Gasteiger partial charge in [-0.3, -0.25) is 0 Å². The van der Waals surface area contributed by atoms with E-state index in [1.54, 1.807) is 0 Å². The van der Waals surface area contributed by atoms with Crippen molar-refractivity contribution in [3.05, 3.63) is 23.8 Å². The molecule has 0 aliphatic carbocycles. The van der Waals surface area contributed by atoms with E-state index < -0.39 is 0 Å². The molecular formula is C17H27N3O. The molecule has 1 aromatic rings. The second kappa shape index (κ2) is 6.24. The van der Waals surface area contributed by atoms with Gasteiger partial charge in [0.15, 0.2) is 0 Å². The molecule has 0 saturated carbocycles. The van der Waals surface area contributed by atoms with Crippen molar-refractivity contribution in [3.63, 3.8) is 0 Å². The average molecular weight is 289 g/mol. The molecule has 2 aliphatic heterocycles. The Bertz CT molecular complexity index is 483. The zero-order chi connectivity index (χ0) is 14.8. The number of nitrogens with two attached hydrogens (primary N) is 1. The molecule has 0 radical (unpaired) electrons. The maximum absolute atomic E-state index is 6.16. The van der Waals surface area contributed by atoms with E-state index in [0.717, 1.165) is 24.3 Å². The minimum Gasteiger partial charge on any atom is -0.486 e. The summed E-state index contributed by atoms with van der Waals surface area (Å²) in [5.74, 6) is 1.02. The van der Waals surface area contributed by atoms with Crippen LogP contribution in [0, 0.1) is 0 Å². The van der Waals surface area contributed by atoms with Crippen LogP contribution in [0.25, 0.3) is 0 Å². The van der Waals surface area contributed by atoms with Crippen LogP contribution in [0.5, 0.6) is 5.75 Å². The van der Waals surface area contributed by atoms with Crippen molar-refractivity contribution >= 4 is 5.69 Å². The molecule has 21 heavy (non-hydrogen) atoms. The predicted molar refractivity (Wildman–Crippen MR) is 86.9 cm³/mol. The normalized spacial score (nSPS) is 23.8. The van der Waals surface area contributed by atoms with Crippen LogP contribution in [0.2, 0.25) is 0 Å². The third-order valence-electron chi connectivity index (χ3n) is 4.85. The first kappa shape index (κ1) is 14.7. The van der Waals surface area contributed by atoms with E-state index in [2.05, 4.69) is 42.0 Å². The molecule has 3 rings (SSSR count). The SMILES string of the molecule is CCC1CN(C2CCN(C)CC2)c2ccc(CN)cc2O1. The Morgan fingerprint density at radius 2 is 2.05 bits per heavy atom. The van der Waals surface area contributed by atoms with Crippen molar-refractivity contribution in [1.29, 1.82) is 0 Å². The molecule has 2 aliphatic rings. The van der Waals surface area contributed by atoms with Gasteiger partial charge in [0, 0.05) is 12.6 Å². The third-order valence-corrected chi connectivity index (χ3v) is 4.85. The van der Waals surface area contributed by atoms with Crippen LogP contribution in [0.1, 0.15) is 31.7 Å². The molecule has 1 aromatic carbocycles. The Balaban J connectivity index is 1.87. The fourth-order valence-corrected chi connectivity index (χ4v) is 3.42. The number of rotatable bonds is 3. The summed E-state index contributed by atoms with van der Waals surface area (Å²) in [4.78, 5) is 5.01. The first-order valence-electron chi connectivity index (χ1n) is 8.16. The number of nitrogens with zero attached hydrogens (tertiary/aromatic N) is 2. The first-order valence-corrected chi connectivity index (χ1v) is 8.16. The molecule has 1 saturated heterocycles. The van der Waals surface area contributed by atoms with Gasteiger partial charge >= 0.3 is 0 Å². The van der Waals surface area contributed by atoms with Crippen LogP contribution in [0.4, 0.5) is 5.69 Å². The van der Waals surface area contributed by atoms with Crippen molar-refractivity contribution < 1.29 is 4.74 Å². The lowest BCUT2D eigenvalue weighted by Crippen LogP contribution is -2.49. The van der Waals surface area contributed by atoms with Gasteiger partial charge in [-0.1, -0.05) is 13.0 Å². The zero-order valence-corrected chi connectivity index (χ0v) is 13.2. The molecule has 4 nitrogen and oxygen atoms in total. The molecular weight excluding hydrogens is 262 g/mol. The molecule has 0 amide bonds. The first-order chi connectivity index (χ1) is 10.2. The number of hydrogen-bond acceptors (Lipinski definition) is 4. The van der Waals surface area contributed by atoms with Gasteiger partial charge in [0.25, 0.3) is 0 Å². The van der Waals surface area contributed by atoms with Gasteiger partial charge in [-0.25, -0.2) is 0 Å². The molecule has 4 heteroatoms. The Labute approximate surface area is 127 Å². The van der Waals surface area contributed by atoms with E-state index in [1.807, 2.05) is 0 Å². The molecule has 1 unspecified atom stereocenters. The van der Waals surface area contributed by atoms with Crippen molar-refractivity contribution in [2.75, 3.05) is 31.6 Å². The van der Waals surface area contributed by atoms with Crippen molar-refractivity contribution in [2.24, 2.45) is 5.73 Å². The Morgan fingerprint density at radius 1 is 1.29 bits per heavy atom. The lowest BCUT2D eigenvalue weighted by atomic mass is 10.00. The smallest absolute Gasteiger partial charge is 0.143 e. The van der Waals surface area contributed by atoms with Crippen molar-refractivity contribution in [1.82, 2.24) is 4.90 Å². The van der Waals surface area contributed by atoms with Crippen LogP contribution in [0.15, 0.2) is 18.2 Å². The highest BCUT2D eigenvalue weighted by atomic mass is 16.5. The molecule has 1 atom stereocenters. The van der Waals surface area contributed by atoms with E-state index in [1.165, 1.54) is 31.6 Å². The molecule has 2 N–H and O–H groups in total. The summed E-state index contributed by atoms with van der Waals surface area (Å²) in [6, 6.07) is 7.10. The fraction of sp³-hybridized carbons (Fsp3) is 0.647. The summed E-state index contributed by atoms with van der Waals surface area (Å²) in [5.41, 5.74) is 8.17. The zero-order valence-electron chi connectivity index (χ0n) is 13.2. The third kappa shape index (κ3) is 3.01. The van der Waals surface area contributed by atoms with E-state index in [0.29, 0.717) is 18.7 Å². The lowest BCUT2D eigenvalue weighted by molar-refractivity contribution is 0.173. The van der Waals surface area contributed by atoms with Gasteiger partial charge in [0.1, 0.15) is 11.9 Å². The van der Waals surface area contributed by atoms with Gasteiger partial charge < -0.3 is 20.3 Å². The average Bonchev–Trinajstić information content (AvgIpc) is 2.54. The summed E-state index contributed by atoms with van der Waals surface area (Å²) in [6.45, 7) is 6.17. The minimum absolute atomic E-state index is 0.296. The van der Waals surface area contributed by atoms with E-state index in [4.69, 9.17) is 10.5 Å². The largest absolute Gasteiger partial charge is 0.486 e. The summed E-state index contributed by atoms with van der Waals surface area (Å²) >= 11 is 0. The van der Waals surface area contributed by atoms with Crippen LogP contribution in [-0.4, -0.2) is 43.7 Å². The Kier molecular flexibility index (Phi) is 4.36. The molecule has 0 aromatic heterocycles. The number of anilines is 1. The van der Waals surface area contributed by atoms with Gasteiger partial charge in [-0.15, -0.1) is 0 Å². The number of benzene rings is 1. The van der Waals surface area contributed by atoms with E-state index >= 15 is 0 Å². The topological polar surface area (TPSA) is 41.7 Å². The van der Waals surface area contributed by atoms with Crippen LogP contribution in [-0.2, 0) is 6.54 Å². The summed E-state index contributed by atoms with van der Waals surface area (Å²) < 4.78 is 6.16. The maximum Gasteiger partial charge on any atom is 0.143 e. The second-order valence-electron chi connectivity index (χ2n) is 6.34. The standard InChI is InChI=1S/C17H27N3O/c1-3-15-12-20(14-6-8-19(2)9-7-14)16-5-4-13(11-18)10-17(16)21-15/h4-5,10,14-15H,3,6-9,11-12,18H2,1-2H3. The van der Waals surface area contributed by atoms with Crippen molar-refractivity contribution in [3.8, 4) is 5.75 Å². The highest BCUT2D eigenvalue weighted by Gasteiger charge is 2.31. The molecule has 0 spiro atoms. The highest BCUT2D eigenvalue weighted by Crippen LogP contribution is 2.37. The predicted octanol–water partition coefficient (Wildman–Crippen LogP) is 2.22. The fourth-order valence-electron chi connectivity index (χ4n) is 3.42. The van der Waals surface area contributed by atoms with Crippen LogP contribution < -0.4 is 15.4 Å². The van der Waals surface area contributed by atoms with Crippen molar-refractivity contribution in [2.45, 2.75) is 44.9 Å².